The van der Waals surface area contributed by atoms with Gasteiger partial charge < -0.3 is 5.32 Å². The summed E-state index contributed by atoms with van der Waals surface area (Å²) >= 11 is 0. The lowest BCUT2D eigenvalue weighted by molar-refractivity contribution is 0.335. The number of hydrogen-bond acceptors (Lipinski definition) is 1. The highest BCUT2D eigenvalue weighted by molar-refractivity contribution is 5.32. The van der Waals surface area contributed by atoms with E-state index in [-0.39, 0.29) is 5.54 Å². The number of nitrogens with one attached hydrogen (secondary N) is 1. The molecule has 0 heterocycles. The third kappa shape index (κ3) is 4.94. The third-order valence-corrected chi connectivity index (χ3v) is 4.43. The van der Waals surface area contributed by atoms with Crippen molar-refractivity contribution < 1.29 is 0 Å². The molecule has 0 saturated carbocycles. The molecule has 0 fully saturated rings. The Morgan fingerprint density at radius 1 is 1.00 bits per heavy atom. The van der Waals surface area contributed by atoms with Crippen molar-refractivity contribution in [2.24, 2.45) is 5.92 Å². The first-order valence-corrected chi connectivity index (χ1v) is 8.10. The summed E-state index contributed by atoms with van der Waals surface area (Å²) in [4.78, 5) is 0. The van der Waals surface area contributed by atoms with Gasteiger partial charge in [0, 0.05) is 12.1 Å². The Labute approximate surface area is 126 Å². The summed E-state index contributed by atoms with van der Waals surface area (Å²) in [6.07, 6.45) is 2.50. The van der Waals surface area contributed by atoms with E-state index in [2.05, 4.69) is 72.0 Å². The van der Waals surface area contributed by atoms with Gasteiger partial charge in [-0.15, -0.1) is 0 Å². The van der Waals surface area contributed by atoms with E-state index in [1.165, 1.54) is 29.5 Å². The van der Waals surface area contributed by atoms with Crippen molar-refractivity contribution in [3.8, 4) is 0 Å². The SMILES string of the molecule is CCC(CC)C(CNC(C)(C)C)c1ccc(C)c(C)c1. The molecule has 1 heteroatoms. The minimum Gasteiger partial charge on any atom is -0.311 e. The van der Waals surface area contributed by atoms with Crippen LogP contribution in [0.1, 0.15) is 70.1 Å². The summed E-state index contributed by atoms with van der Waals surface area (Å²) in [7, 11) is 0. The number of aryl methyl sites for hydroxylation is 2. The molecule has 0 aliphatic heterocycles. The molecule has 0 aromatic heterocycles. The maximum atomic E-state index is 3.70. The molecule has 0 aliphatic carbocycles. The molecular formula is C19H33N. The van der Waals surface area contributed by atoms with Crippen LogP contribution in [0.4, 0.5) is 0 Å². The van der Waals surface area contributed by atoms with Crippen molar-refractivity contribution in [2.45, 2.75) is 72.8 Å². The van der Waals surface area contributed by atoms with E-state index in [1.54, 1.807) is 0 Å². The van der Waals surface area contributed by atoms with Crippen molar-refractivity contribution in [1.82, 2.24) is 5.32 Å². The molecule has 0 aliphatic rings. The van der Waals surface area contributed by atoms with Crippen LogP contribution in [0.15, 0.2) is 18.2 Å². The Morgan fingerprint density at radius 3 is 2.05 bits per heavy atom. The molecule has 0 saturated heterocycles. The first-order valence-electron chi connectivity index (χ1n) is 8.10. The second-order valence-corrected chi connectivity index (χ2v) is 7.16. The van der Waals surface area contributed by atoms with Gasteiger partial charge in [0.25, 0.3) is 0 Å². The zero-order chi connectivity index (χ0) is 15.3. The van der Waals surface area contributed by atoms with Crippen LogP contribution in [0, 0.1) is 19.8 Å². The molecular weight excluding hydrogens is 242 g/mol. The van der Waals surface area contributed by atoms with Gasteiger partial charge in [-0.25, -0.2) is 0 Å². The van der Waals surface area contributed by atoms with Gasteiger partial charge in [0.2, 0.25) is 0 Å². The fourth-order valence-corrected chi connectivity index (χ4v) is 2.83. The van der Waals surface area contributed by atoms with Crippen LogP contribution in [-0.4, -0.2) is 12.1 Å². The van der Waals surface area contributed by atoms with Crippen molar-refractivity contribution >= 4 is 0 Å². The lowest BCUT2D eigenvalue weighted by Crippen LogP contribution is -2.40. The van der Waals surface area contributed by atoms with E-state index < -0.39 is 0 Å². The first-order chi connectivity index (χ1) is 9.28. The summed E-state index contributed by atoms with van der Waals surface area (Å²) < 4.78 is 0. The Hall–Kier alpha value is -0.820. The highest BCUT2D eigenvalue weighted by atomic mass is 14.9. The number of hydrogen-bond donors (Lipinski definition) is 1. The van der Waals surface area contributed by atoms with Crippen LogP contribution in [0.3, 0.4) is 0 Å². The van der Waals surface area contributed by atoms with Gasteiger partial charge in [-0.1, -0.05) is 44.9 Å². The van der Waals surface area contributed by atoms with E-state index in [0.29, 0.717) is 5.92 Å². The Morgan fingerprint density at radius 2 is 1.60 bits per heavy atom. The third-order valence-electron chi connectivity index (χ3n) is 4.43. The van der Waals surface area contributed by atoms with Crippen molar-refractivity contribution in [3.63, 3.8) is 0 Å². The van der Waals surface area contributed by atoms with Gasteiger partial charge in [-0.05, 0) is 63.1 Å². The van der Waals surface area contributed by atoms with Gasteiger partial charge in [0.15, 0.2) is 0 Å². The second-order valence-electron chi connectivity index (χ2n) is 7.16. The summed E-state index contributed by atoms with van der Waals surface area (Å²) in [5, 5.41) is 3.70. The van der Waals surface area contributed by atoms with E-state index >= 15 is 0 Å². The largest absolute Gasteiger partial charge is 0.311 e. The van der Waals surface area contributed by atoms with Gasteiger partial charge in [0.1, 0.15) is 0 Å². The maximum absolute atomic E-state index is 3.70. The molecule has 1 atom stereocenters. The average Bonchev–Trinajstić information content (AvgIpc) is 2.37. The van der Waals surface area contributed by atoms with Crippen LogP contribution < -0.4 is 5.32 Å². The van der Waals surface area contributed by atoms with Gasteiger partial charge in [0.05, 0.1) is 0 Å². The molecule has 0 spiro atoms. The molecule has 0 amide bonds. The van der Waals surface area contributed by atoms with E-state index in [9.17, 15) is 0 Å². The average molecular weight is 275 g/mol. The van der Waals surface area contributed by atoms with Gasteiger partial charge in [-0.3, -0.25) is 0 Å². The highest BCUT2D eigenvalue weighted by Crippen LogP contribution is 2.30. The predicted octanol–water partition coefficient (Wildman–Crippen LogP) is 5.21. The zero-order valence-corrected chi connectivity index (χ0v) is 14.5. The van der Waals surface area contributed by atoms with Crippen LogP contribution in [0.5, 0.6) is 0 Å². The molecule has 114 valence electrons. The standard InChI is InChI=1S/C19H33N/c1-8-16(9-2)18(13-20-19(5,6)7)17-11-10-14(3)15(4)12-17/h10-12,16,18,20H,8-9,13H2,1-7H3. The van der Waals surface area contributed by atoms with E-state index in [4.69, 9.17) is 0 Å². The molecule has 1 unspecified atom stereocenters. The molecule has 1 rings (SSSR count). The monoisotopic (exact) mass is 275 g/mol. The van der Waals surface area contributed by atoms with Crippen molar-refractivity contribution in [1.29, 1.82) is 0 Å². The maximum Gasteiger partial charge on any atom is 0.00967 e. The number of rotatable bonds is 6. The summed E-state index contributed by atoms with van der Waals surface area (Å²) in [6.45, 7) is 16.9. The van der Waals surface area contributed by atoms with Crippen molar-refractivity contribution in [2.75, 3.05) is 6.54 Å². The highest BCUT2D eigenvalue weighted by Gasteiger charge is 2.22. The second kappa shape index (κ2) is 7.26. The quantitative estimate of drug-likeness (QED) is 0.751. The molecule has 0 radical (unpaired) electrons. The van der Waals surface area contributed by atoms with Crippen LogP contribution in [-0.2, 0) is 0 Å². The fourth-order valence-electron chi connectivity index (χ4n) is 2.83. The van der Waals surface area contributed by atoms with Gasteiger partial charge >= 0.3 is 0 Å². The number of benzene rings is 1. The topological polar surface area (TPSA) is 12.0 Å². The molecule has 0 bridgehead atoms. The summed E-state index contributed by atoms with van der Waals surface area (Å²) in [5.74, 6) is 1.37. The Bertz CT molecular complexity index is 410. The minimum absolute atomic E-state index is 0.185. The molecule has 1 N–H and O–H groups in total. The van der Waals surface area contributed by atoms with Crippen LogP contribution >= 0.6 is 0 Å². The summed E-state index contributed by atoms with van der Waals surface area (Å²) in [6, 6.07) is 7.00. The lowest BCUT2D eigenvalue weighted by Gasteiger charge is -2.30. The van der Waals surface area contributed by atoms with Gasteiger partial charge in [-0.2, -0.15) is 0 Å². The van der Waals surface area contributed by atoms with E-state index in [1.807, 2.05) is 0 Å². The molecule has 1 aromatic rings. The summed E-state index contributed by atoms with van der Waals surface area (Å²) in [5.41, 5.74) is 4.48. The van der Waals surface area contributed by atoms with Crippen LogP contribution in [0.2, 0.25) is 0 Å². The molecule has 20 heavy (non-hydrogen) atoms. The van der Waals surface area contributed by atoms with Crippen LogP contribution in [0.25, 0.3) is 0 Å². The normalized spacial score (nSPS) is 13.8. The molecule has 1 nitrogen and oxygen atoms in total. The van der Waals surface area contributed by atoms with E-state index in [0.717, 1.165) is 12.5 Å². The molecule has 1 aromatic carbocycles. The first kappa shape index (κ1) is 17.2. The smallest absolute Gasteiger partial charge is 0.00967 e. The fraction of sp³-hybridized carbons (Fsp3) is 0.684. The lowest BCUT2D eigenvalue weighted by atomic mass is 9.81. The predicted molar refractivity (Wildman–Crippen MR) is 90.5 cm³/mol. The Balaban J connectivity index is 2.99. The minimum atomic E-state index is 0.185. The zero-order valence-electron chi connectivity index (χ0n) is 14.5. The Kier molecular flexibility index (Phi) is 6.26. The van der Waals surface area contributed by atoms with Crippen molar-refractivity contribution in [3.05, 3.63) is 34.9 Å².